The third-order valence-electron chi connectivity index (χ3n) is 4.44. The molecule has 8 heteroatoms. The van der Waals surface area contributed by atoms with E-state index in [0.717, 1.165) is 28.1 Å². The van der Waals surface area contributed by atoms with E-state index < -0.39 is 0 Å². The van der Waals surface area contributed by atoms with E-state index in [1.165, 1.54) is 11.3 Å². The fourth-order valence-corrected chi connectivity index (χ4v) is 4.05. The number of carbonyl (C=O) groups excluding carboxylic acids is 1. The van der Waals surface area contributed by atoms with Gasteiger partial charge >= 0.3 is 0 Å². The molecule has 0 saturated heterocycles. The van der Waals surface area contributed by atoms with Crippen molar-refractivity contribution < 1.29 is 4.79 Å². The van der Waals surface area contributed by atoms with E-state index in [2.05, 4.69) is 9.88 Å². The lowest BCUT2D eigenvalue weighted by atomic mass is 10.3. The largest absolute Gasteiger partial charge is 0.308 e. The molecule has 0 unspecified atom stereocenters. The molecule has 0 radical (unpaired) electrons. The molecule has 0 atom stereocenters. The average molecular weight is 416 g/mol. The molecular weight excluding hydrogens is 394 g/mol. The van der Waals surface area contributed by atoms with Crippen molar-refractivity contribution in [3.05, 3.63) is 60.0 Å². The number of likely N-dealkylation sites (N-methyl/N-ethyl adjacent to an activating group) is 1. The van der Waals surface area contributed by atoms with E-state index in [9.17, 15) is 4.79 Å². The number of aryl methyl sites for hydroxylation is 1. The molecule has 0 saturated carbocycles. The number of rotatable bonds is 5. The SMILES string of the molecule is Cc1nc2ccccn2c1C(=O)N(CCN(C)C)c1nc2ccccc2s1.Cl. The van der Waals surface area contributed by atoms with Crippen LogP contribution in [0, 0.1) is 6.92 Å². The molecule has 3 heterocycles. The number of para-hydroxylation sites is 1. The summed E-state index contributed by atoms with van der Waals surface area (Å²) in [5.74, 6) is -0.0768. The summed E-state index contributed by atoms with van der Waals surface area (Å²) in [6.07, 6.45) is 1.88. The Bertz CT molecular complexity index is 1090. The maximum absolute atomic E-state index is 13.5. The van der Waals surface area contributed by atoms with Crippen molar-refractivity contribution in [3.8, 4) is 0 Å². The Kier molecular flexibility index (Phi) is 5.98. The second-order valence-electron chi connectivity index (χ2n) is 6.70. The molecule has 1 aromatic carbocycles. The number of hydrogen-bond acceptors (Lipinski definition) is 5. The summed E-state index contributed by atoms with van der Waals surface area (Å²) in [6.45, 7) is 3.19. The standard InChI is InChI=1S/C20H21N5OS.ClH/c1-14-18(24-11-7-6-10-17(24)21-14)19(26)25(13-12-23(2)3)20-22-15-8-4-5-9-16(15)27-20;/h4-11H,12-13H2,1-3H3;1H. The minimum absolute atomic E-state index is 0. The molecule has 0 N–H and O–H groups in total. The first-order valence-corrected chi connectivity index (χ1v) is 9.62. The number of carbonyl (C=O) groups is 1. The Morgan fingerprint density at radius 2 is 1.82 bits per heavy atom. The Balaban J connectivity index is 0.00000225. The highest BCUT2D eigenvalue weighted by Gasteiger charge is 2.26. The molecule has 6 nitrogen and oxygen atoms in total. The second kappa shape index (κ2) is 8.26. The van der Waals surface area contributed by atoms with Gasteiger partial charge in [-0.25, -0.2) is 9.97 Å². The van der Waals surface area contributed by atoms with Crippen LogP contribution in [0.1, 0.15) is 16.2 Å². The van der Waals surface area contributed by atoms with Gasteiger partial charge in [0.15, 0.2) is 5.13 Å². The van der Waals surface area contributed by atoms with Crippen LogP contribution < -0.4 is 4.90 Å². The Hall–Kier alpha value is -2.48. The van der Waals surface area contributed by atoms with Gasteiger partial charge in [0.2, 0.25) is 0 Å². The lowest BCUT2D eigenvalue weighted by molar-refractivity contribution is 0.0979. The maximum Gasteiger partial charge on any atom is 0.279 e. The van der Waals surface area contributed by atoms with E-state index >= 15 is 0 Å². The van der Waals surface area contributed by atoms with E-state index in [4.69, 9.17) is 4.98 Å². The second-order valence-corrected chi connectivity index (χ2v) is 7.71. The van der Waals surface area contributed by atoms with Crippen LogP contribution in [0.15, 0.2) is 48.7 Å². The quantitative estimate of drug-likeness (QED) is 0.496. The molecule has 146 valence electrons. The molecule has 28 heavy (non-hydrogen) atoms. The van der Waals surface area contributed by atoms with Crippen LogP contribution in [0.25, 0.3) is 15.9 Å². The van der Waals surface area contributed by atoms with Crippen molar-refractivity contribution >= 4 is 50.6 Å². The number of benzene rings is 1. The first-order chi connectivity index (χ1) is 13.0. The van der Waals surface area contributed by atoms with Gasteiger partial charge in [0.1, 0.15) is 11.3 Å². The van der Waals surface area contributed by atoms with E-state index in [1.54, 1.807) is 4.90 Å². The first-order valence-electron chi connectivity index (χ1n) is 8.80. The molecule has 4 rings (SSSR count). The van der Waals surface area contributed by atoms with Gasteiger partial charge in [0.05, 0.1) is 15.9 Å². The topological polar surface area (TPSA) is 53.7 Å². The van der Waals surface area contributed by atoms with Gasteiger partial charge in [-0.15, -0.1) is 12.4 Å². The number of nitrogens with zero attached hydrogens (tertiary/aromatic N) is 5. The zero-order valence-corrected chi connectivity index (χ0v) is 17.6. The van der Waals surface area contributed by atoms with E-state index in [0.29, 0.717) is 17.4 Å². The summed E-state index contributed by atoms with van der Waals surface area (Å²) in [7, 11) is 4.00. The monoisotopic (exact) mass is 415 g/mol. The predicted octanol–water partition coefficient (Wildman–Crippen LogP) is 3.88. The first kappa shape index (κ1) is 20.3. The average Bonchev–Trinajstić information content (AvgIpc) is 3.21. The molecular formula is C20H22ClN5OS. The molecule has 0 bridgehead atoms. The van der Waals surface area contributed by atoms with Crippen molar-refractivity contribution in [3.63, 3.8) is 0 Å². The van der Waals surface area contributed by atoms with Crippen LogP contribution in [-0.4, -0.2) is 52.4 Å². The number of fused-ring (bicyclic) bond motifs is 2. The number of pyridine rings is 1. The van der Waals surface area contributed by atoms with Gasteiger partial charge in [0.25, 0.3) is 5.91 Å². The van der Waals surface area contributed by atoms with Gasteiger partial charge in [-0.1, -0.05) is 29.5 Å². The van der Waals surface area contributed by atoms with Crippen molar-refractivity contribution in [2.45, 2.75) is 6.92 Å². The highest BCUT2D eigenvalue weighted by atomic mass is 35.5. The number of aromatic nitrogens is 3. The molecule has 0 spiro atoms. The predicted molar refractivity (Wildman–Crippen MR) is 117 cm³/mol. The minimum atomic E-state index is -0.0768. The number of amides is 1. The van der Waals surface area contributed by atoms with Gasteiger partial charge in [-0.05, 0) is 45.3 Å². The lowest BCUT2D eigenvalue weighted by Crippen LogP contribution is -2.37. The molecule has 0 aliphatic rings. The number of halogens is 1. The summed E-state index contributed by atoms with van der Waals surface area (Å²) in [5, 5.41) is 0.716. The zero-order chi connectivity index (χ0) is 19.0. The van der Waals surface area contributed by atoms with Crippen molar-refractivity contribution in [2.24, 2.45) is 0 Å². The number of imidazole rings is 1. The van der Waals surface area contributed by atoms with Gasteiger partial charge < -0.3 is 4.90 Å². The van der Waals surface area contributed by atoms with E-state index in [-0.39, 0.29) is 18.3 Å². The zero-order valence-electron chi connectivity index (χ0n) is 16.0. The number of thiazole rings is 1. The third-order valence-corrected chi connectivity index (χ3v) is 5.50. The van der Waals surface area contributed by atoms with Crippen LogP contribution in [0.3, 0.4) is 0 Å². The molecule has 0 fully saturated rings. The Morgan fingerprint density at radius 3 is 2.57 bits per heavy atom. The number of anilines is 1. The van der Waals surface area contributed by atoms with Gasteiger partial charge in [-0.2, -0.15) is 0 Å². The van der Waals surface area contributed by atoms with Gasteiger partial charge in [0, 0.05) is 19.3 Å². The highest BCUT2D eigenvalue weighted by molar-refractivity contribution is 7.22. The summed E-state index contributed by atoms with van der Waals surface area (Å²) >= 11 is 1.54. The molecule has 0 aliphatic heterocycles. The van der Waals surface area contributed by atoms with Crippen molar-refractivity contribution in [1.82, 2.24) is 19.3 Å². The summed E-state index contributed by atoms with van der Waals surface area (Å²) in [5.41, 5.74) is 3.00. The summed E-state index contributed by atoms with van der Waals surface area (Å²) in [6, 6.07) is 13.7. The maximum atomic E-state index is 13.5. The smallest absolute Gasteiger partial charge is 0.279 e. The third kappa shape index (κ3) is 3.73. The van der Waals surface area contributed by atoms with Crippen molar-refractivity contribution in [1.29, 1.82) is 0 Å². The Morgan fingerprint density at radius 1 is 1.07 bits per heavy atom. The molecule has 1 amide bonds. The van der Waals surface area contributed by atoms with Crippen LogP contribution in [0.5, 0.6) is 0 Å². The normalized spacial score (nSPS) is 11.1. The number of hydrogen-bond donors (Lipinski definition) is 0. The van der Waals surface area contributed by atoms with Crippen LogP contribution in [-0.2, 0) is 0 Å². The lowest BCUT2D eigenvalue weighted by Gasteiger charge is -2.22. The van der Waals surface area contributed by atoms with Crippen molar-refractivity contribution in [2.75, 3.05) is 32.1 Å². The van der Waals surface area contributed by atoms with Crippen LogP contribution >= 0.6 is 23.7 Å². The van der Waals surface area contributed by atoms with Gasteiger partial charge in [-0.3, -0.25) is 14.1 Å². The summed E-state index contributed by atoms with van der Waals surface area (Å²) in [4.78, 5) is 26.6. The Labute approximate surface area is 173 Å². The van der Waals surface area contributed by atoms with E-state index in [1.807, 2.05) is 74.1 Å². The van der Waals surface area contributed by atoms with Crippen LogP contribution in [0.2, 0.25) is 0 Å². The highest BCUT2D eigenvalue weighted by Crippen LogP contribution is 2.30. The fraction of sp³-hybridized carbons (Fsp3) is 0.250. The minimum Gasteiger partial charge on any atom is -0.308 e. The van der Waals surface area contributed by atoms with Crippen LogP contribution in [0.4, 0.5) is 5.13 Å². The fourth-order valence-electron chi connectivity index (χ4n) is 3.06. The summed E-state index contributed by atoms with van der Waals surface area (Å²) < 4.78 is 2.93. The molecule has 3 aromatic heterocycles. The molecule has 4 aromatic rings. The molecule has 0 aliphatic carbocycles.